The molecule has 35 heavy (non-hydrogen) atoms. The number of anilines is 1. The summed E-state index contributed by atoms with van der Waals surface area (Å²) in [5, 5.41) is 11.7. The first-order valence-electron chi connectivity index (χ1n) is 11.5. The van der Waals surface area contributed by atoms with Crippen LogP contribution in [-0.2, 0) is 9.53 Å². The molecule has 2 amide bonds. The maximum atomic E-state index is 12.8. The number of carbonyl (C=O) groups excluding carboxylic acids is 2. The van der Waals surface area contributed by atoms with Crippen molar-refractivity contribution in [3.63, 3.8) is 0 Å². The molecule has 2 N–H and O–H groups in total. The Morgan fingerprint density at radius 1 is 0.971 bits per heavy atom. The van der Waals surface area contributed by atoms with Crippen LogP contribution in [0.1, 0.15) is 40.4 Å². The van der Waals surface area contributed by atoms with Gasteiger partial charge in [-0.05, 0) is 47.2 Å². The van der Waals surface area contributed by atoms with Crippen LogP contribution < -0.4 is 5.32 Å². The molecule has 2 aromatic carbocycles. The van der Waals surface area contributed by atoms with Gasteiger partial charge in [-0.3, -0.25) is 14.9 Å². The molecule has 0 bridgehead atoms. The average molecular weight is 472 g/mol. The van der Waals surface area contributed by atoms with Gasteiger partial charge in [-0.2, -0.15) is 0 Å². The second-order valence-electron chi connectivity index (χ2n) is 8.94. The number of amides is 2. The average Bonchev–Trinajstić information content (AvgIpc) is 3.15. The number of carbonyl (C=O) groups is 3. The Morgan fingerprint density at radius 2 is 1.60 bits per heavy atom. The highest BCUT2D eigenvalue weighted by Crippen LogP contribution is 2.44. The predicted molar refractivity (Wildman–Crippen MR) is 129 cm³/mol. The fraction of sp³-hybridized carbons (Fsp3) is 0.259. The minimum absolute atomic E-state index is 0.0558. The summed E-state index contributed by atoms with van der Waals surface area (Å²) >= 11 is 0. The van der Waals surface area contributed by atoms with Crippen LogP contribution in [-0.4, -0.2) is 52.7 Å². The zero-order valence-corrected chi connectivity index (χ0v) is 19.2. The number of hydrogen-bond donors (Lipinski definition) is 2. The van der Waals surface area contributed by atoms with Gasteiger partial charge in [-0.15, -0.1) is 0 Å². The van der Waals surface area contributed by atoms with Crippen LogP contribution >= 0.6 is 0 Å². The van der Waals surface area contributed by atoms with E-state index in [2.05, 4.69) is 34.6 Å². The van der Waals surface area contributed by atoms with Gasteiger partial charge in [0.15, 0.2) is 0 Å². The zero-order valence-electron chi connectivity index (χ0n) is 19.2. The van der Waals surface area contributed by atoms with Crippen molar-refractivity contribution in [2.24, 2.45) is 5.92 Å². The molecule has 0 unspecified atom stereocenters. The van der Waals surface area contributed by atoms with Crippen molar-refractivity contribution in [2.45, 2.75) is 24.8 Å². The number of ether oxygens (including phenoxy) is 1. The summed E-state index contributed by atoms with van der Waals surface area (Å²) in [5.41, 5.74) is 4.71. The minimum atomic E-state index is -0.838. The molecule has 2 aliphatic rings. The largest absolute Gasteiger partial charge is 0.481 e. The van der Waals surface area contributed by atoms with Crippen LogP contribution in [0.15, 0.2) is 66.7 Å². The standard InChI is InChI=1S/C27H25N3O5/c1-30(17-13-16(14-17)26(32)33)25(31)23-11-6-12-24(28-23)29-27(34)35-15-22-20-9-4-2-7-18(20)19-8-3-5-10-21(19)22/h2-12,16-17,22H,13-15H2,1H3,(H,32,33)(H,28,29,34). The lowest BCUT2D eigenvalue weighted by molar-refractivity contribution is -0.146. The number of carboxylic acid groups (broad SMARTS) is 1. The van der Waals surface area contributed by atoms with Crippen LogP contribution in [0.2, 0.25) is 0 Å². The summed E-state index contributed by atoms with van der Waals surface area (Å²) in [5.74, 6) is -1.42. The number of aliphatic carboxylic acids is 1. The highest BCUT2D eigenvalue weighted by Gasteiger charge is 2.38. The third-order valence-electron chi connectivity index (χ3n) is 6.87. The summed E-state index contributed by atoms with van der Waals surface area (Å²) in [6.45, 7) is 0.174. The number of benzene rings is 2. The molecule has 1 fully saturated rings. The third kappa shape index (κ3) is 4.35. The van der Waals surface area contributed by atoms with Gasteiger partial charge in [0.25, 0.3) is 5.91 Å². The fourth-order valence-corrected chi connectivity index (χ4v) is 4.81. The van der Waals surface area contributed by atoms with Crippen molar-refractivity contribution in [3.05, 3.63) is 83.6 Å². The number of rotatable bonds is 6. The first kappa shape index (κ1) is 22.6. The first-order chi connectivity index (χ1) is 16.9. The Bertz CT molecular complexity index is 1260. The van der Waals surface area contributed by atoms with Gasteiger partial charge in [0.1, 0.15) is 18.1 Å². The van der Waals surface area contributed by atoms with Crippen LogP contribution in [0.4, 0.5) is 10.6 Å². The van der Waals surface area contributed by atoms with Crippen molar-refractivity contribution in [1.29, 1.82) is 0 Å². The van der Waals surface area contributed by atoms with E-state index in [1.54, 1.807) is 25.2 Å². The van der Waals surface area contributed by atoms with Crippen molar-refractivity contribution in [2.75, 3.05) is 19.0 Å². The molecule has 2 aliphatic carbocycles. The van der Waals surface area contributed by atoms with Gasteiger partial charge < -0.3 is 14.7 Å². The highest BCUT2D eigenvalue weighted by atomic mass is 16.5. The smallest absolute Gasteiger partial charge is 0.412 e. The summed E-state index contributed by atoms with van der Waals surface area (Å²) in [6.07, 6.45) is 0.199. The van der Waals surface area contributed by atoms with Gasteiger partial charge in [0.05, 0.1) is 5.92 Å². The van der Waals surface area contributed by atoms with Crippen LogP contribution in [0, 0.1) is 5.92 Å². The van der Waals surface area contributed by atoms with E-state index in [0.717, 1.165) is 22.3 Å². The van der Waals surface area contributed by atoms with E-state index in [1.165, 1.54) is 4.90 Å². The first-order valence-corrected chi connectivity index (χ1v) is 11.5. The normalized spacial score (nSPS) is 18.1. The maximum Gasteiger partial charge on any atom is 0.412 e. The van der Waals surface area contributed by atoms with E-state index >= 15 is 0 Å². The van der Waals surface area contributed by atoms with Crippen LogP contribution in [0.25, 0.3) is 11.1 Å². The number of carboxylic acids is 1. The molecule has 5 rings (SSSR count). The fourth-order valence-electron chi connectivity index (χ4n) is 4.81. The second kappa shape index (κ2) is 9.21. The Hall–Kier alpha value is -4.20. The Labute approximate surface area is 202 Å². The molecule has 3 aromatic rings. The number of hydrogen-bond acceptors (Lipinski definition) is 5. The lowest BCUT2D eigenvalue weighted by Crippen LogP contribution is -2.47. The van der Waals surface area contributed by atoms with Gasteiger partial charge in [0, 0.05) is 19.0 Å². The summed E-state index contributed by atoms with van der Waals surface area (Å²) in [7, 11) is 1.64. The number of pyridine rings is 1. The van der Waals surface area contributed by atoms with Gasteiger partial charge in [0.2, 0.25) is 0 Å². The topological polar surface area (TPSA) is 109 Å². The van der Waals surface area contributed by atoms with E-state index < -0.39 is 18.0 Å². The van der Waals surface area contributed by atoms with E-state index in [4.69, 9.17) is 9.84 Å². The molecule has 0 spiro atoms. The molecule has 0 saturated heterocycles. The second-order valence-corrected chi connectivity index (χ2v) is 8.94. The molecule has 1 saturated carbocycles. The number of nitrogens with zero attached hydrogens (tertiary/aromatic N) is 2. The van der Waals surface area contributed by atoms with Crippen molar-refractivity contribution >= 4 is 23.8 Å². The number of nitrogens with one attached hydrogen (secondary N) is 1. The molecule has 0 radical (unpaired) electrons. The zero-order chi connectivity index (χ0) is 24.5. The van der Waals surface area contributed by atoms with Crippen LogP contribution in [0.5, 0.6) is 0 Å². The molecule has 1 heterocycles. The predicted octanol–water partition coefficient (Wildman–Crippen LogP) is 4.38. The number of fused-ring (bicyclic) bond motifs is 3. The summed E-state index contributed by atoms with van der Waals surface area (Å²) in [6, 6.07) is 20.8. The molecule has 1 aromatic heterocycles. The van der Waals surface area contributed by atoms with Gasteiger partial charge in [-0.1, -0.05) is 54.6 Å². The monoisotopic (exact) mass is 471 g/mol. The Kier molecular flexibility index (Phi) is 5.94. The van der Waals surface area contributed by atoms with E-state index in [0.29, 0.717) is 12.8 Å². The number of aromatic nitrogens is 1. The highest BCUT2D eigenvalue weighted by molar-refractivity contribution is 5.93. The van der Waals surface area contributed by atoms with Crippen molar-refractivity contribution in [1.82, 2.24) is 9.88 Å². The van der Waals surface area contributed by atoms with Crippen molar-refractivity contribution < 1.29 is 24.2 Å². The molecular weight excluding hydrogens is 446 g/mol. The van der Waals surface area contributed by atoms with E-state index in [9.17, 15) is 14.4 Å². The lowest BCUT2D eigenvalue weighted by atomic mass is 9.79. The molecular formula is C27H25N3O5. The minimum Gasteiger partial charge on any atom is -0.481 e. The molecule has 178 valence electrons. The summed E-state index contributed by atoms with van der Waals surface area (Å²) in [4.78, 5) is 42.1. The Morgan fingerprint density at radius 3 is 2.23 bits per heavy atom. The van der Waals surface area contributed by atoms with E-state index in [-0.39, 0.29) is 36.0 Å². The van der Waals surface area contributed by atoms with Gasteiger partial charge >= 0.3 is 12.1 Å². The molecule has 0 atom stereocenters. The maximum absolute atomic E-state index is 12.8. The quantitative estimate of drug-likeness (QED) is 0.552. The Balaban J connectivity index is 1.21. The van der Waals surface area contributed by atoms with Gasteiger partial charge in [-0.25, -0.2) is 9.78 Å². The molecule has 8 nitrogen and oxygen atoms in total. The lowest BCUT2D eigenvalue weighted by Gasteiger charge is -2.38. The van der Waals surface area contributed by atoms with Crippen LogP contribution in [0.3, 0.4) is 0 Å². The van der Waals surface area contributed by atoms with Crippen molar-refractivity contribution in [3.8, 4) is 11.1 Å². The molecule has 0 aliphatic heterocycles. The van der Waals surface area contributed by atoms with E-state index in [1.807, 2.05) is 24.3 Å². The third-order valence-corrected chi connectivity index (χ3v) is 6.87. The molecule has 8 heteroatoms. The SMILES string of the molecule is CN(C(=O)c1cccc(NC(=O)OCC2c3ccccc3-c3ccccc32)n1)C1CC(C(=O)O)C1. The summed E-state index contributed by atoms with van der Waals surface area (Å²) < 4.78 is 5.55.